The molecule has 0 aliphatic carbocycles. The van der Waals surface area contributed by atoms with Gasteiger partial charge in [-0.15, -0.1) is 0 Å². The Hall–Kier alpha value is -3.48. The highest BCUT2D eigenvalue weighted by molar-refractivity contribution is 7.40. The zero-order chi connectivity index (χ0) is 27.0. The van der Waals surface area contributed by atoms with Gasteiger partial charge in [0.1, 0.15) is 12.8 Å². The predicted molar refractivity (Wildman–Crippen MR) is 142 cm³/mol. The van der Waals surface area contributed by atoms with Crippen molar-refractivity contribution in [3.63, 3.8) is 0 Å². The lowest BCUT2D eigenvalue weighted by Gasteiger charge is -2.36. The normalized spacial score (nSPS) is 14.6. The van der Waals surface area contributed by atoms with Gasteiger partial charge >= 0.3 is 0 Å². The van der Waals surface area contributed by atoms with Crippen molar-refractivity contribution in [1.29, 1.82) is 0 Å². The fourth-order valence-electron chi connectivity index (χ4n) is 5.14. The maximum absolute atomic E-state index is 8.55. The molecule has 0 bridgehead atoms. The Labute approximate surface area is 216 Å². The van der Waals surface area contributed by atoms with Gasteiger partial charge < -0.3 is 28.5 Å². The first-order valence-electron chi connectivity index (χ1n) is 11.8. The molecule has 1 aromatic heterocycles. The monoisotopic (exact) mass is 516 g/mol. The summed E-state index contributed by atoms with van der Waals surface area (Å²) in [5.74, 6) is 0.899. The fraction of sp³-hybridized carbons (Fsp3) is 0.207. The van der Waals surface area contributed by atoms with Crippen molar-refractivity contribution in [2.24, 2.45) is 7.05 Å². The van der Waals surface area contributed by atoms with E-state index in [1.165, 1.54) is 44.7 Å². The number of rotatable bonds is 4. The van der Waals surface area contributed by atoms with E-state index < -0.39 is 7.82 Å². The van der Waals surface area contributed by atoms with Gasteiger partial charge in [0.05, 0.1) is 18.2 Å². The van der Waals surface area contributed by atoms with Crippen LogP contribution in [-0.2, 0) is 17.0 Å². The van der Waals surface area contributed by atoms with Crippen molar-refractivity contribution in [2.45, 2.75) is 19.3 Å². The Balaban J connectivity index is 0.000000586. The van der Waals surface area contributed by atoms with Crippen LogP contribution in [0, 0.1) is 0 Å². The Bertz CT molecular complexity index is 1550. The predicted octanol–water partition coefficient (Wildman–Crippen LogP) is 3.75. The average molecular weight is 517 g/mol. The van der Waals surface area contributed by atoms with Gasteiger partial charge in [0, 0.05) is 41.2 Å². The van der Waals surface area contributed by atoms with Gasteiger partial charge in [0.15, 0.2) is 5.71 Å². The number of hydrogen-bond donors (Lipinski definition) is 0. The van der Waals surface area contributed by atoms with Gasteiger partial charge in [-0.05, 0) is 43.7 Å². The lowest BCUT2D eigenvalue weighted by molar-refractivity contribution is -0.432. The van der Waals surface area contributed by atoms with E-state index in [-0.39, 0.29) is 5.41 Å². The molecule has 5 rings (SSSR count). The van der Waals surface area contributed by atoms with Gasteiger partial charge in [0.2, 0.25) is 5.69 Å². The van der Waals surface area contributed by atoms with Crippen molar-refractivity contribution >= 4 is 36.2 Å². The molecule has 0 spiro atoms. The largest absolute Gasteiger partial charge is 0.822 e. The lowest BCUT2D eigenvalue weighted by Crippen LogP contribution is -2.26. The lowest BCUT2D eigenvalue weighted by atomic mass is 9.81. The van der Waals surface area contributed by atoms with Crippen LogP contribution in [0.1, 0.15) is 25.0 Å². The fourth-order valence-corrected chi connectivity index (χ4v) is 5.14. The second kappa shape index (κ2) is 10.1. The number of ether oxygens (including phenoxy) is 1. The van der Waals surface area contributed by atoms with Crippen LogP contribution in [0.3, 0.4) is 0 Å². The number of para-hydroxylation sites is 1. The summed E-state index contributed by atoms with van der Waals surface area (Å²) < 4.78 is 18.7. The maximum Gasteiger partial charge on any atom is 0.209 e. The molecule has 0 amide bonds. The summed E-state index contributed by atoms with van der Waals surface area (Å²) in [6.45, 7) is 4.57. The number of nitrogens with zero attached hydrogens (tertiary/aromatic N) is 2. The number of benzene rings is 3. The Morgan fingerprint density at radius 2 is 1.57 bits per heavy atom. The molecule has 0 N–H and O–H groups in total. The quantitative estimate of drug-likeness (QED) is 0.304. The summed E-state index contributed by atoms with van der Waals surface area (Å²) >= 11 is 0. The molecule has 7 nitrogen and oxygen atoms in total. The van der Waals surface area contributed by atoms with Gasteiger partial charge in [-0.25, -0.2) is 0 Å². The zero-order valence-corrected chi connectivity index (χ0v) is 22.4. The maximum atomic E-state index is 8.55. The zero-order valence-electron chi connectivity index (χ0n) is 21.5. The first kappa shape index (κ1) is 26.6. The van der Waals surface area contributed by atoms with Crippen LogP contribution in [0.4, 0.5) is 5.69 Å². The standard InChI is InChI=1S/C29H29N2O.H3O4P/c1-29(2)24-19-21(32-5)15-17-26(24)30(3)27(29)18-16-23-22-13-9-10-14-25(22)31(4)28(23)20-11-7-6-8-12-20;1-5(2,3)4/h6-19H,1-5H3;(H3,1,2,3,4)/q+1;/p-3. The molecule has 0 saturated heterocycles. The second-order valence-corrected chi connectivity index (χ2v) is 10.3. The van der Waals surface area contributed by atoms with E-state index in [9.17, 15) is 0 Å². The van der Waals surface area contributed by atoms with Crippen LogP contribution in [0.25, 0.3) is 28.2 Å². The van der Waals surface area contributed by atoms with Crippen molar-refractivity contribution < 1.29 is 28.6 Å². The second-order valence-electron chi connectivity index (χ2n) is 9.44. The minimum atomic E-state index is -5.39. The van der Waals surface area contributed by atoms with Gasteiger partial charge in [0.25, 0.3) is 0 Å². The van der Waals surface area contributed by atoms with Crippen LogP contribution in [0.2, 0.25) is 0 Å². The number of methoxy groups -OCH3 is 1. The molecule has 8 heteroatoms. The van der Waals surface area contributed by atoms with Gasteiger partial charge in [-0.2, -0.15) is 12.4 Å². The summed E-state index contributed by atoms with van der Waals surface area (Å²) in [7, 11) is 0.646. The van der Waals surface area contributed by atoms with E-state index in [2.05, 4.69) is 116 Å². The van der Waals surface area contributed by atoms with E-state index >= 15 is 0 Å². The van der Waals surface area contributed by atoms with Crippen LogP contribution in [0.15, 0.2) is 78.9 Å². The SMILES string of the molecule is COc1ccc2c(c1)C(C)(C)C(/C=C/c1c(-c3ccccc3)n(C)c3ccccc13)=[N+]2C.O=P([O-])([O-])[O-]. The molecule has 0 atom stereocenters. The van der Waals surface area contributed by atoms with Crippen molar-refractivity contribution in [3.8, 4) is 17.0 Å². The summed E-state index contributed by atoms with van der Waals surface area (Å²) in [6, 6.07) is 25.7. The van der Waals surface area contributed by atoms with Gasteiger partial charge in [-0.1, -0.05) is 48.5 Å². The number of aryl methyl sites for hydroxylation is 1. The minimum absolute atomic E-state index is 0.118. The summed E-state index contributed by atoms with van der Waals surface area (Å²) in [5, 5.41) is 1.27. The summed E-state index contributed by atoms with van der Waals surface area (Å²) in [4.78, 5) is 25.6. The average Bonchev–Trinajstić information content (AvgIpc) is 3.24. The van der Waals surface area contributed by atoms with Crippen LogP contribution >= 0.6 is 7.82 Å². The smallest absolute Gasteiger partial charge is 0.209 e. The van der Waals surface area contributed by atoms with E-state index in [1.807, 2.05) is 6.07 Å². The molecule has 1 aliphatic heterocycles. The third kappa shape index (κ3) is 5.31. The van der Waals surface area contributed by atoms with Crippen LogP contribution < -0.4 is 19.4 Å². The van der Waals surface area contributed by atoms with Crippen molar-refractivity contribution in [2.75, 3.05) is 14.2 Å². The molecule has 0 unspecified atom stereocenters. The number of fused-ring (bicyclic) bond motifs is 2. The molecule has 0 fully saturated rings. The topological polar surface area (TPSA) is 103 Å². The Kier molecular flexibility index (Phi) is 7.27. The number of aromatic nitrogens is 1. The number of phosphoric acid groups is 1. The molecule has 4 aromatic rings. The molecular weight excluding hydrogens is 487 g/mol. The third-order valence-corrected chi connectivity index (χ3v) is 6.84. The van der Waals surface area contributed by atoms with E-state index in [0.29, 0.717) is 0 Å². The molecule has 1 aliphatic rings. The molecule has 192 valence electrons. The highest BCUT2D eigenvalue weighted by Gasteiger charge is 2.43. The summed E-state index contributed by atoms with van der Waals surface area (Å²) in [6.07, 6.45) is 4.59. The van der Waals surface area contributed by atoms with Gasteiger partial charge in [-0.3, -0.25) is 0 Å². The van der Waals surface area contributed by atoms with Crippen molar-refractivity contribution in [3.05, 3.63) is 90.0 Å². The Morgan fingerprint density at radius 1 is 0.946 bits per heavy atom. The minimum Gasteiger partial charge on any atom is -0.822 e. The summed E-state index contributed by atoms with van der Waals surface area (Å²) in [5.41, 5.74) is 8.63. The van der Waals surface area contributed by atoms with Crippen LogP contribution in [0.5, 0.6) is 5.75 Å². The van der Waals surface area contributed by atoms with Crippen LogP contribution in [-0.4, -0.2) is 29.0 Å². The van der Waals surface area contributed by atoms with Crippen molar-refractivity contribution in [1.82, 2.24) is 4.57 Å². The molecule has 2 heterocycles. The first-order valence-corrected chi connectivity index (χ1v) is 13.2. The van der Waals surface area contributed by atoms with E-state index in [4.69, 9.17) is 24.0 Å². The first-order chi connectivity index (χ1) is 17.4. The van der Waals surface area contributed by atoms with E-state index in [0.717, 1.165) is 5.75 Å². The number of hydrogen-bond acceptors (Lipinski definition) is 5. The highest BCUT2D eigenvalue weighted by Crippen LogP contribution is 2.42. The third-order valence-electron chi connectivity index (χ3n) is 6.84. The Morgan fingerprint density at radius 3 is 2.22 bits per heavy atom. The molecular formula is C29H29N2O5P-2. The molecule has 0 radical (unpaired) electrons. The molecule has 0 saturated carbocycles. The van der Waals surface area contributed by atoms with E-state index in [1.54, 1.807) is 7.11 Å². The molecule has 3 aromatic carbocycles. The molecule has 37 heavy (non-hydrogen) atoms. The highest BCUT2D eigenvalue weighted by atomic mass is 31.2. The number of allylic oxidation sites excluding steroid dienone is 1.